The molecule has 0 aromatic heterocycles. The van der Waals surface area contributed by atoms with Crippen LogP contribution in [-0.2, 0) is 6.42 Å². The molecular formula is C21H37N7O3. The highest BCUT2D eigenvalue weighted by Crippen LogP contribution is 2.04. The van der Waals surface area contributed by atoms with Gasteiger partial charge >= 0.3 is 18.1 Å². The molecule has 0 radical (unpaired) electrons. The minimum atomic E-state index is -0.653. The Morgan fingerprint density at radius 3 is 2.00 bits per heavy atom. The van der Waals surface area contributed by atoms with Crippen LogP contribution in [-0.4, -0.2) is 55.9 Å². The number of amides is 6. The molecule has 0 spiro atoms. The number of urea groups is 3. The topological polar surface area (TPSA) is 163 Å². The van der Waals surface area contributed by atoms with Crippen LogP contribution in [0.1, 0.15) is 32.8 Å². The minimum Gasteiger partial charge on any atom is -0.352 e. The third kappa shape index (κ3) is 12.3. The summed E-state index contributed by atoms with van der Waals surface area (Å²) >= 11 is 0. The first kappa shape index (κ1) is 26.0. The van der Waals surface area contributed by atoms with Gasteiger partial charge in [-0.25, -0.2) is 14.4 Å². The summed E-state index contributed by atoms with van der Waals surface area (Å²) in [7, 11) is 0. The molecule has 0 aliphatic carbocycles. The number of benzene rings is 1. The van der Waals surface area contributed by atoms with E-state index in [1.807, 2.05) is 30.3 Å². The summed E-state index contributed by atoms with van der Waals surface area (Å²) in [6, 6.07) is 7.53. The van der Waals surface area contributed by atoms with Gasteiger partial charge < -0.3 is 38.1 Å². The molecule has 1 rings (SSSR count). The quantitative estimate of drug-likeness (QED) is 0.256. The number of carbonyl (C=O) groups is 3. The highest BCUT2D eigenvalue weighted by molar-refractivity contribution is 5.76. The van der Waals surface area contributed by atoms with Crippen molar-refractivity contribution < 1.29 is 14.4 Å². The normalized spacial score (nSPS) is 13.6. The van der Waals surface area contributed by atoms with Crippen LogP contribution < -0.4 is 38.1 Å². The molecule has 0 saturated heterocycles. The van der Waals surface area contributed by atoms with Gasteiger partial charge in [0, 0.05) is 31.7 Å². The van der Waals surface area contributed by atoms with Crippen molar-refractivity contribution in [2.24, 2.45) is 17.4 Å². The molecule has 0 bridgehead atoms. The van der Waals surface area contributed by atoms with Crippen LogP contribution in [0.15, 0.2) is 30.3 Å². The maximum Gasteiger partial charge on any atom is 0.315 e. The summed E-state index contributed by atoms with van der Waals surface area (Å²) in [5.74, 6) is 0.413. The van der Waals surface area contributed by atoms with Crippen LogP contribution in [0.2, 0.25) is 0 Å². The van der Waals surface area contributed by atoms with E-state index < -0.39 is 12.1 Å². The van der Waals surface area contributed by atoms with Crippen LogP contribution in [0.5, 0.6) is 0 Å². The second-order valence-electron chi connectivity index (χ2n) is 8.07. The van der Waals surface area contributed by atoms with Crippen LogP contribution in [0, 0.1) is 5.92 Å². The fourth-order valence-corrected chi connectivity index (χ4v) is 3.08. The van der Waals surface area contributed by atoms with Crippen molar-refractivity contribution in [3.63, 3.8) is 0 Å². The maximum atomic E-state index is 12.3. The van der Waals surface area contributed by atoms with Crippen molar-refractivity contribution in [3.05, 3.63) is 35.9 Å². The Bertz CT molecular complexity index is 685. The van der Waals surface area contributed by atoms with Gasteiger partial charge in [0.05, 0.1) is 6.04 Å². The van der Waals surface area contributed by atoms with Crippen molar-refractivity contribution >= 4 is 18.1 Å². The second-order valence-corrected chi connectivity index (χ2v) is 8.07. The number of carbonyl (C=O) groups excluding carboxylic acids is 3. The van der Waals surface area contributed by atoms with Gasteiger partial charge in [0.1, 0.15) is 0 Å². The Kier molecular flexibility index (Phi) is 11.8. The van der Waals surface area contributed by atoms with E-state index in [9.17, 15) is 14.4 Å². The largest absolute Gasteiger partial charge is 0.352 e. The molecule has 0 unspecified atom stereocenters. The molecule has 31 heavy (non-hydrogen) atoms. The molecule has 3 atom stereocenters. The van der Waals surface area contributed by atoms with Gasteiger partial charge in [-0.2, -0.15) is 0 Å². The first-order valence-corrected chi connectivity index (χ1v) is 10.6. The fourth-order valence-electron chi connectivity index (χ4n) is 3.08. The van der Waals surface area contributed by atoms with E-state index in [4.69, 9.17) is 11.5 Å². The molecule has 0 fully saturated rings. The van der Waals surface area contributed by atoms with Gasteiger partial charge in [0.15, 0.2) is 0 Å². The van der Waals surface area contributed by atoms with Gasteiger partial charge in [-0.3, -0.25) is 0 Å². The van der Waals surface area contributed by atoms with Gasteiger partial charge in [-0.1, -0.05) is 44.2 Å². The number of nitrogens with one attached hydrogen (secondary N) is 5. The summed E-state index contributed by atoms with van der Waals surface area (Å²) in [5.41, 5.74) is 11.8. The third-order valence-electron chi connectivity index (χ3n) is 4.50. The van der Waals surface area contributed by atoms with Crippen molar-refractivity contribution in [3.8, 4) is 0 Å². The highest BCUT2D eigenvalue weighted by Gasteiger charge is 2.17. The maximum absolute atomic E-state index is 12.3. The van der Waals surface area contributed by atoms with E-state index in [0.29, 0.717) is 18.9 Å². The second kappa shape index (κ2) is 14.1. The minimum absolute atomic E-state index is 0.108. The lowest BCUT2D eigenvalue weighted by atomic mass is 10.0. The molecule has 9 N–H and O–H groups in total. The molecule has 0 saturated carbocycles. The summed E-state index contributed by atoms with van der Waals surface area (Å²) < 4.78 is 0. The zero-order valence-corrected chi connectivity index (χ0v) is 18.6. The lowest BCUT2D eigenvalue weighted by Gasteiger charge is -2.23. The number of hydrogen-bond acceptors (Lipinski definition) is 4. The Morgan fingerprint density at radius 1 is 0.871 bits per heavy atom. The lowest BCUT2D eigenvalue weighted by Crippen LogP contribution is -2.53. The molecule has 10 heteroatoms. The van der Waals surface area contributed by atoms with Crippen LogP contribution in [0.3, 0.4) is 0 Å². The third-order valence-corrected chi connectivity index (χ3v) is 4.50. The van der Waals surface area contributed by atoms with Crippen molar-refractivity contribution in [1.29, 1.82) is 0 Å². The van der Waals surface area contributed by atoms with E-state index in [0.717, 1.165) is 12.0 Å². The van der Waals surface area contributed by atoms with Gasteiger partial charge in [-0.15, -0.1) is 0 Å². The molecule has 6 amide bonds. The first-order valence-electron chi connectivity index (χ1n) is 10.6. The lowest BCUT2D eigenvalue weighted by molar-refractivity contribution is 0.228. The SMILES string of the molecule is CC(C)C[C@@H](CN)NC(=O)NC[C@H](Cc1ccccc1)NC(=O)NC[C@H](C)NC(N)=O. The van der Waals surface area contributed by atoms with Gasteiger partial charge in [0.2, 0.25) is 0 Å². The predicted octanol–water partition coefficient (Wildman–Crippen LogP) is 0.626. The van der Waals surface area contributed by atoms with E-state index >= 15 is 0 Å². The van der Waals surface area contributed by atoms with E-state index in [2.05, 4.69) is 40.4 Å². The van der Waals surface area contributed by atoms with Crippen molar-refractivity contribution in [2.75, 3.05) is 19.6 Å². The van der Waals surface area contributed by atoms with Crippen molar-refractivity contribution in [2.45, 2.75) is 51.7 Å². The van der Waals surface area contributed by atoms with E-state index in [1.54, 1.807) is 6.92 Å². The Hall–Kier alpha value is -3.01. The summed E-state index contributed by atoms with van der Waals surface area (Å²) in [6.45, 7) is 6.68. The van der Waals surface area contributed by atoms with Crippen LogP contribution in [0.4, 0.5) is 14.4 Å². The summed E-state index contributed by atoms with van der Waals surface area (Å²) in [6.07, 6.45) is 1.32. The zero-order valence-electron chi connectivity index (χ0n) is 18.6. The van der Waals surface area contributed by atoms with E-state index in [-0.39, 0.29) is 37.2 Å². The molecule has 1 aromatic carbocycles. The number of rotatable bonds is 12. The smallest absolute Gasteiger partial charge is 0.315 e. The van der Waals surface area contributed by atoms with E-state index in [1.165, 1.54) is 0 Å². The van der Waals surface area contributed by atoms with Crippen LogP contribution >= 0.6 is 0 Å². The standard InChI is InChI=1S/C21H37N7O3/c1-14(2)9-17(11-22)27-21(31)25-13-18(10-16-7-5-4-6-8-16)28-20(30)24-12-15(3)26-19(23)29/h4-8,14-15,17-18H,9-13,22H2,1-3H3,(H3,23,26,29)(H2,24,28,30)(H2,25,27,31)/t15-,17-,18-/m0/s1. The number of hydrogen-bond donors (Lipinski definition) is 7. The van der Waals surface area contributed by atoms with Gasteiger partial charge in [0.25, 0.3) is 0 Å². The average Bonchev–Trinajstić information content (AvgIpc) is 2.70. The highest BCUT2D eigenvalue weighted by atomic mass is 16.2. The van der Waals surface area contributed by atoms with Gasteiger partial charge in [-0.05, 0) is 31.2 Å². The molecule has 10 nitrogen and oxygen atoms in total. The Labute approximate surface area is 184 Å². The molecule has 0 aliphatic rings. The first-order chi connectivity index (χ1) is 14.7. The molecule has 174 valence electrons. The average molecular weight is 436 g/mol. The molecule has 0 aliphatic heterocycles. The van der Waals surface area contributed by atoms with Crippen molar-refractivity contribution in [1.82, 2.24) is 26.6 Å². The molecule has 1 aromatic rings. The fraction of sp³-hybridized carbons (Fsp3) is 0.571. The molecular weight excluding hydrogens is 398 g/mol. The predicted molar refractivity (Wildman–Crippen MR) is 121 cm³/mol. The monoisotopic (exact) mass is 435 g/mol. The number of primary amides is 1. The molecule has 0 heterocycles. The zero-order chi connectivity index (χ0) is 23.2. The Balaban J connectivity index is 2.62. The van der Waals surface area contributed by atoms with Crippen LogP contribution in [0.25, 0.3) is 0 Å². The Morgan fingerprint density at radius 2 is 1.45 bits per heavy atom. The summed E-state index contributed by atoms with van der Waals surface area (Å²) in [4.78, 5) is 35.5. The number of nitrogens with two attached hydrogens (primary N) is 2. The summed E-state index contributed by atoms with van der Waals surface area (Å²) in [5, 5.41) is 13.7.